The molecule has 0 unspecified atom stereocenters. The molecule has 27 heavy (non-hydrogen) atoms. The van der Waals surface area contributed by atoms with Gasteiger partial charge in [-0.25, -0.2) is 4.98 Å². The summed E-state index contributed by atoms with van der Waals surface area (Å²) in [6.45, 7) is 4.05. The van der Waals surface area contributed by atoms with Gasteiger partial charge >= 0.3 is 5.91 Å². The van der Waals surface area contributed by atoms with Gasteiger partial charge in [0, 0.05) is 0 Å². The molecule has 0 atom stereocenters. The van der Waals surface area contributed by atoms with E-state index in [0.29, 0.717) is 5.13 Å². The number of amides is 1. The third-order valence-electron chi connectivity index (χ3n) is 4.04. The number of rotatable bonds is 4. The number of fused-ring (bicyclic) bond motifs is 1. The Morgan fingerprint density at radius 1 is 1.11 bits per heavy atom. The van der Waals surface area contributed by atoms with Crippen molar-refractivity contribution in [3.63, 3.8) is 0 Å². The van der Waals surface area contributed by atoms with Crippen LogP contribution in [0.3, 0.4) is 0 Å². The van der Waals surface area contributed by atoms with Gasteiger partial charge in [0.1, 0.15) is 0 Å². The molecule has 0 spiro atoms. The van der Waals surface area contributed by atoms with Gasteiger partial charge in [-0.3, -0.25) is 4.79 Å². The molecule has 4 aromatic rings. The minimum Gasteiger partial charge on any atom is -0.459 e. The SMILES string of the molecule is Cc1ccc(/C=N/N(C(=O)c2ccco2)c2nc3ccc(C)cc3s2)cc1. The first-order valence-corrected chi connectivity index (χ1v) is 9.27. The summed E-state index contributed by atoms with van der Waals surface area (Å²) in [5.41, 5.74) is 4.04. The van der Waals surface area contributed by atoms with Crippen LogP contribution in [0, 0.1) is 13.8 Å². The quantitative estimate of drug-likeness (QED) is 0.364. The van der Waals surface area contributed by atoms with Crippen molar-refractivity contribution >= 4 is 38.8 Å². The van der Waals surface area contributed by atoms with Crippen molar-refractivity contribution in [1.82, 2.24) is 4.98 Å². The van der Waals surface area contributed by atoms with Gasteiger partial charge in [0.2, 0.25) is 5.13 Å². The summed E-state index contributed by atoms with van der Waals surface area (Å²) >= 11 is 1.42. The second-order valence-electron chi connectivity index (χ2n) is 6.22. The second kappa shape index (κ2) is 7.17. The van der Waals surface area contributed by atoms with Crippen molar-refractivity contribution in [3.8, 4) is 0 Å². The number of hydrogen-bond acceptors (Lipinski definition) is 5. The van der Waals surface area contributed by atoms with Crippen LogP contribution in [0.1, 0.15) is 27.2 Å². The predicted molar refractivity (Wildman–Crippen MR) is 109 cm³/mol. The van der Waals surface area contributed by atoms with E-state index in [1.165, 1.54) is 22.6 Å². The van der Waals surface area contributed by atoms with Crippen molar-refractivity contribution in [3.05, 3.63) is 83.3 Å². The standard InChI is InChI=1S/C21H17N3O2S/c1-14-5-8-16(9-6-14)13-22-24(20(25)18-4-3-11-26-18)21-23-17-10-7-15(2)12-19(17)27-21/h3-13H,1-2H3/b22-13+. The van der Waals surface area contributed by atoms with Crippen LogP contribution < -0.4 is 5.01 Å². The molecule has 5 nitrogen and oxygen atoms in total. The molecule has 6 heteroatoms. The van der Waals surface area contributed by atoms with E-state index in [2.05, 4.69) is 16.2 Å². The summed E-state index contributed by atoms with van der Waals surface area (Å²) in [6.07, 6.45) is 3.12. The lowest BCUT2D eigenvalue weighted by molar-refractivity contribution is 0.0961. The molecule has 2 heterocycles. The molecule has 0 aliphatic carbocycles. The zero-order valence-corrected chi connectivity index (χ0v) is 15.7. The topological polar surface area (TPSA) is 58.7 Å². The molecule has 0 saturated carbocycles. The van der Waals surface area contributed by atoms with E-state index < -0.39 is 0 Å². The molecule has 0 saturated heterocycles. The first-order chi connectivity index (χ1) is 13.1. The van der Waals surface area contributed by atoms with Crippen molar-refractivity contribution in [1.29, 1.82) is 0 Å². The number of carbonyl (C=O) groups is 1. The van der Waals surface area contributed by atoms with E-state index in [0.717, 1.165) is 26.9 Å². The van der Waals surface area contributed by atoms with E-state index in [1.807, 2.05) is 50.2 Å². The normalized spacial score (nSPS) is 11.3. The van der Waals surface area contributed by atoms with Gasteiger partial charge in [-0.2, -0.15) is 10.1 Å². The number of carbonyl (C=O) groups excluding carboxylic acids is 1. The fourth-order valence-electron chi connectivity index (χ4n) is 2.58. The molecule has 0 fully saturated rings. The Hall–Kier alpha value is -3.25. The summed E-state index contributed by atoms with van der Waals surface area (Å²) in [5, 5.41) is 6.20. The van der Waals surface area contributed by atoms with Crippen LogP contribution in [-0.2, 0) is 0 Å². The van der Waals surface area contributed by atoms with Gasteiger partial charge in [-0.1, -0.05) is 47.2 Å². The van der Waals surface area contributed by atoms with E-state index in [1.54, 1.807) is 18.3 Å². The van der Waals surface area contributed by atoms with Gasteiger partial charge in [0.25, 0.3) is 0 Å². The number of furan rings is 1. The van der Waals surface area contributed by atoms with Crippen molar-refractivity contribution in [2.75, 3.05) is 5.01 Å². The first kappa shape index (κ1) is 17.2. The summed E-state index contributed by atoms with van der Waals surface area (Å²) in [6, 6.07) is 17.2. The van der Waals surface area contributed by atoms with E-state index >= 15 is 0 Å². The van der Waals surface area contributed by atoms with Crippen LogP contribution in [0.25, 0.3) is 10.2 Å². The number of aromatic nitrogens is 1. The number of anilines is 1. The van der Waals surface area contributed by atoms with Gasteiger partial charge in [0.05, 0.1) is 22.7 Å². The predicted octanol–water partition coefficient (Wildman–Crippen LogP) is 5.19. The van der Waals surface area contributed by atoms with Gasteiger partial charge < -0.3 is 4.42 Å². The minimum atomic E-state index is -0.362. The Morgan fingerprint density at radius 2 is 1.89 bits per heavy atom. The summed E-state index contributed by atoms with van der Waals surface area (Å²) in [4.78, 5) is 17.5. The Bertz CT molecular complexity index is 1110. The molecule has 2 aromatic heterocycles. The Balaban J connectivity index is 1.74. The Labute approximate surface area is 160 Å². The van der Waals surface area contributed by atoms with Gasteiger partial charge in [-0.05, 0) is 49.2 Å². The largest absolute Gasteiger partial charge is 0.459 e. The molecule has 0 aliphatic rings. The monoisotopic (exact) mass is 375 g/mol. The second-order valence-corrected chi connectivity index (χ2v) is 7.23. The lowest BCUT2D eigenvalue weighted by Crippen LogP contribution is -2.25. The van der Waals surface area contributed by atoms with Crippen molar-refractivity contribution < 1.29 is 9.21 Å². The van der Waals surface area contributed by atoms with Crippen LogP contribution in [-0.4, -0.2) is 17.1 Å². The molecule has 0 aliphatic heterocycles. The lowest BCUT2D eigenvalue weighted by atomic mass is 10.2. The number of aryl methyl sites for hydroxylation is 2. The average Bonchev–Trinajstić information content (AvgIpc) is 3.32. The zero-order chi connectivity index (χ0) is 18.8. The third kappa shape index (κ3) is 3.66. The highest BCUT2D eigenvalue weighted by Crippen LogP contribution is 2.30. The minimum absolute atomic E-state index is 0.214. The number of hydrazone groups is 1. The fourth-order valence-corrected chi connectivity index (χ4v) is 3.60. The molecular weight excluding hydrogens is 358 g/mol. The highest BCUT2D eigenvalue weighted by molar-refractivity contribution is 7.22. The fraction of sp³-hybridized carbons (Fsp3) is 0.0952. The molecule has 134 valence electrons. The highest BCUT2D eigenvalue weighted by atomic mass is 32.1. The molecular formula is C21H17N3O2S. The van der Waals surface area contributed by atoms with Crippen LogP contribution >= 0.6 is 11.3 Å². The smallest absolute Gasteiger partial charge is 0.316 e. The first-order valence-electron chi connectivity index (χ1n) is 8.46. The van der Waals surface area contributed by atoms with E-state index in [9.17, 15) is 4.79 Å². The zero-order valence-electron chi connectivity index (χ0n) is 14.9. The molecule has 0 N–H and O–H groups in total. The molecule has 1 amide bonds. The van der Waals surface area contributed by atoms with E-state index in [-0.39, 0.29) is 11.7 Å². The Morgan fingerprint density at radius 3 is 2.63 bits per heavy atom. The van der Waals surface area contributed by atoms with Gasteiger partial charge in [0.15, 0.2) is 5.76 Å². The molecule has 0 bridgehead atoms. The Kier molecular flexibility index (Phi) is 4.56. The lowest BCUT2D eigenvalue weighted by Gasteiger charge is -2.11. The third-order valence-corrected chi connectivity index (χ3v) is 5.03. The maximum atomic E-state index is 12.9. The van der Waals surface area contributed by atoms with Crippen LogP contribution in [0.15, 0.2) is 70.4 Å². The van der Waals surface area contributed by atoms with E-state index in [4.69, 9.17) is 4.42 Å². The summed E-state index contributed by atoms with van der Waals surface area (Å²) in [5.74, 6) is -0.148. The molecule has 2 aromatic carbocycles. The van der Waals surface area contributed by atoms with Crippen LogP contribution in [0.4, 0.5) is 5.13 Å². The number of benzene rings is 2. The van der Waals surface area contributed by atoms with Crippen LogP contribution in [0.5, 0.6) is 0 Å². The summed E-state index contributed by atoms with van der Waals surface area (Å²) in [7, 11) is 0. The van der Waals surface area contributed by atoms with Crippen LogP contribution in [0.2, 0.25) is 0 Å². The maximum Gasteiger partial charge on any atom is 0.316 e. The molecule has 4 rings (SSSR count). The number of hydrogen-bond donors (Lipinski definition) is 0. The maximum absolute atomic E-state index is 12.9. The number of thiazole rings is 1. The van der Waals surface area contributed by atoms with Crippen molar-refractivity contribution in [2.24, 2.45) is 5.10 Å². The van der Waals surface area contributed by atoms with Gasteiger partial charge in [-0.15, -0.1) is 0 Å². The average molecular weight is 375 g/mol. The highest BCUT2D eigenvalue weighted by Gasteiger charge is 2.23. The van der Waals surface area contributed by atoms with Crippen molar-refractivity contribution in [2.45, 2.75) is 13.8 Å². The molecule has 0 radical (unpaired) electrons. The number of nitrogens with zero attached hydrogens (tertiary/aromatic N) is 3. The summed E-state index contributed by atoms with van der Waals surface area (Å²) < 4.78 is 6.28.